The first-order valence-electron chi connectivity index (χ1n) is 1.44. The maximum Gasteiger partial charge on any atom is 0.0503 e. The van der Waals surface area contributed by atoms with Crippen LogP contribution >= 0.6 is 0 Å². The van der Waals surface area contributed by atoms with Gasteiger partial charge in [0.1, 0.15) is 0 Å². The number of hydrogen-bond donors (Lipinski definition) is 2. The highest BCUT2D eigenvalue weighted by molar-refractivity contribution is 5.67. The van der Waals surface area contributed by atoms with Gasteiger partial charge in [0.2, 0.25) is 0 Å². The van der Waals surface area contributed by atoms with Gasteiger partial charge in [0.25, 0.3) is 0 Å². The zero-order chi connectivity index (χ0) is 4.83. The van der Waals surface area contributed by atoms with Crippen LogP contribution in [0.15, 0.2) is 17.4 Å². The van der Waals surface area contributed by atoms with Gasteiger partial charge in [-0.3, -0.25) is 0 Å². The standard InChI is InChI=1S/C3H5N3/c4-2-1-3-6-5/h1-5H/b3-1-,4-2?,6-5?. The van der Waals surface area contributed by atoms with Gasteiger partial charge in [-0.25, -0.2) is 5.53 Å². The molecule has 0 spiro atoms. The highest BCUT2D eigenvalue weighted by Crippen LogP contribution is 1.63. The van der Waals surface area contributed by atoms with E-state index >= 15 is 0 Å². The molecule has 0 heterocycles. The maximum absolute atomic E-state index is 6.35. The Balaban J connectivity index is 3.17. The fourth-order valence-corrected chi connectivity index (χ4v) is 0.0861. The van der Waals surface area contributed by atoms with Crippen molar-refractivity contribution in [1.29, 1.82) is 10.9 Å². The fourth-order valence-electron chi connectivity index (χ4n) is 0.0861. The van der Waals surface area contributed by atoms with E-state index in [4.69, 9.17) is 10.9 Å². The summed E-state index contributed by atoms with van der Waals surface area (Å²) in [5, 5.41) is 9.19. The lowest BCUT2D eigenvalue weighted by atomic mass is 10.7. The van der Waals surface area contributed by atoms with Crippen LogP contribution in [0.5, 0.6) is 0 Å². The minimum atomic E-state index is 1.07. The van der Waals surface area contributed by atoms with Crippen LogP contribution in [0.3, 0.4) is 0 Å². The third-order valence-corrected chi connectivity index (χ3v) is 0.257. The molecule has 3 nitrogen and oxygen atoms in total. The number of nitrogens with zero attached hydrogens (tertiary/aromatic N) is 1. The van der Waals surface area contributed by atoms with Gasteiger partial charge < -0.3 is 5.41 Å². The topological polar surface area (TPSA) is 60.1 Å². The molecular weight excluding hydrogens is 78.1 g/mol. The highest BCUT2D eigenvalue weighted by atomic mass is 14.9. The molecule has 0 atom stereocenters. The molecule has 0 aliphatic rings. The van der Waals surface area contributed by atoms with Crippen molar-refractivity contribution in [2.24, 2.45) is 5.11 Å². The Morgan fingerprint density at radius 2 is 2.17 bits per heavy atom. The summed E-state index contributed by atoms with van der Waals surface area (Å²) < 4.78 is 0. The van der Waals surface area contributed by atoms with Crippen LogP contribution in [0.4, 0.5) is 0 Å². The molecule has 0 rings (SSSR count). The summed E-state index contributed by atoms with van der Waals surface area (Å²) in [5.74, 6) is 0. The van der Waals surface area contributed by atoms with E-state index in [9.17, 15) is 0 Å². The second kappa shape index (κ2) is 4.01. The largest absolute Gasteiger partial charge is 0.309 e. The summed E-state index contributed by atoms with van der Waals surface area (Å²) >= 11 is 0. The highest BCUT2D eigenvalue weighted by Gasteiger charge is 1.50. The first-order valence-corrected chi connectivity index (χ1v) is 1.44. The Labute approximate surface area is 35.7 Å². The molecule has 0 radical (unpaired) electrons. The molecule has 0 aromatic heterocycles. The van der Waals surface area contributed by atoms with Crippen molar-refractivity contribution in [2.75, 3.05) is 0 Å². The Bertz CT molecular complexity index is 64.1. The van der Waals surface area contributed by atoms with E-state index in [1.165, 1.54) is 12.3 Å². The predicted molar refractivity (Wildman–Crippen MR) is 23.1 cm³/mol. The van der Waals surface area contributed by atoms with Crippen LogP contribution in [0.2, 0.25) is 0 Å². The molecule has 0 fully saturated rings. The van der Waals surface area contributed by atoms with Gasteiger partial charge in [-0.2, -0.15) is 5.11 Å². The van der Waals surface area contributed by atoms with Crippen LogP contribution in [0, 0.1) is 10.9 Å². The lowest BCUT2D eigenvalue weighted by Crippen LogP contribution is -1.50. The van der Waals surface area contributed by atoms with Crippen LogP contribution in [-0.4, -0.2) is 6.21 Å². The van der Waals surface area contributed by atoms with E-state index in [1.54, 1.807) is 0 Å². The molecule has 0 amide bonds. The van der Waals surface area contributed by atoms with Gasteiger partial charge in [0, 0.05) is 6.21 Å². The number of rotatable bonds is 2. The van der Waals surface area contributed by atoms with Gasteiger partial charge in [0.15, 0.2) is 0 Å². The Morgan fingerprint density at radius 1 is 1.50 bits per heavy atom. The van der Waals surface area contributed by atoms with Crippen molar-refractivity contribution < 1.29 is 0 Å². The van der Waals surface area contributed by atoms with Gasteiger partial charge >= 0.3 is 0 Å². The molecule has 0 bridgehead atoms. The summed E-state index contributed by atoms with van der Waals surface area (Å²) in [6.07, 6.45) is 3.66. The van der Waals surface area contributed by atoms with E-state index in [0.717, 1.165) is 6.21 Å². The molecule has 0 aromatic carbocycles. The van der Waals surface area contributed by atoms with Gasteiger partial charge in [-0.1, -0.05) is 0 Å². The van der Waals surface area contributed by atoms with Crippen LogP contribution in [-0.2, 0) is 0 Å². The van der Waals surface area contributed by atoms with Crippen LogP contribution in [0.25, 0.3) is 0 Å². The molecule has 3 heteroatoms. The zero-order valence-corrected chi connectivity index (χ0v) is 3.18. The summed E-state index contributed by atoms with van der Waals surface area (Å²) in [7, 11) is 0. The quantitative estimate of drug-likeness (QED) is 0.372. The monoisotopic (exact) mass is 83.0 g/mol. The minimum absolute atomic E-state index is 1.07. The lowest BCUT2D eigenvalue weighted by Gasteiger charge is -1.58. The second-order valence-electron chi connectivity index (χ2n) is 0.637. The number of hydrogen-bond acceptors (Lipinski definition) is 3. The number of nitrogens with one attached hydrogen (secondary N) is 2. The van der Waals surface area contributed by atoms with Crippen molar-refractivity contribution in [3.8, 4) is 0 Å². The lowest BCUT2D eigenvalue weighted by molar-refractivity contribution is 1.14. The third kappa shape index (κ3) is 3.01. The van der Waals surface area contributed by atoms with E-state index in [0.29, 0.717) is 0 Å². The zero-order valence-electron chi connectivity index (χ0n) is 3.18. The normalized spacial score (nSPS) is 8.67. The molecule has 0 unspecified atom stereocenters. The van der Waals surface area contributed by atoms with Crippen LogP contribution in [0.1, 0.15) is 0 Å². The van der Waals surface area contributed by atoms with Crippen molar-refractivity contribution >= 4 is 6.21 Å². The first kappa shape index (κ1) is 5.01. The molecule has 0 aliphatic carbocycles. The van der Waals surface area contributed by atoms with Crippen molar-refractivity contribution in [1.82, 2.24) is 0 Å². The van der Waals surface area contributed by atoms with Crippen molar-refractivity contribution in [3.63, 3.8) is 0 Å². The smallest absolute Gasteiger partial charge is 0.0503 e. The molecule has 32 valence electrons. The van der Waals surface area contributed by atoms with Gasteiger partial charge in [-0.05, 0) is 6.08 Å². The average molecular weight is 83.1 g/mol. The van der Waals surface area contributed by atoms with E-state index < -0.39 is 0 Å². The molecule has 2 N–H and O–H groups in total. The molecular formula is C3H5N3. The Kier molecular flexibility index (Phi) is 3.35. The number of allylic oxidation sites excluding steroid dienone is 1. The van der Waals surface area contributed by atoms with Crippen molar-refractivity contribution in [2.45, 2.75) is 0 Å². The molecule has 0 aliphatic heterocycles. The van der Waals surface area contributed by atoms with E-state index in [-0.39, 0.29) is 0 Å². The fraction of sp³-hybridized carbons (Fsp3) is 0. The Hall–Kier alpha value is -0.990. The third-order valence-electron chi connectivity index (χ3n) is 0.257. The second-order valence-corrected chi connectivity index (χ2v) is 0.637. The van der Waals surface area contributed by atoms with Gasteiger partial charge in [-0.15, -0.1) is 0 Å². The summed E-state index contributed by atoms with van der Waals surface area (Å²) in [6.45, 7) is 0. The predicted octanol–water partition coefficient (Wildman–Crippen LogP) is 1.18. The molecule has 0 saturated heterocycles. The van der Waals surface area contributed by atoms with E-state index in [2.05, 4.69) is 5.11 Å². The van der Waals surface area contributed by atoms with Crippen LogP contribution < -0.4 is 0 Å². The molecule has 0 aromatic rings. The van der Waals surface area contributed by atoms with E-state index in [1.807, 2.05) is 0 Å². The SMILES string of the molecule is N=C/C=C\N=N. The first-order chi connectivity index (χ1) is 2.91. The summed E-state index contributed by atoms with van der Waals surface area (Å²) in [5.41, 5.74) is 6.14. The van der Waals surface area contributed by atoms with Gasteiger partial charge in [0.05, 0.1) is 6.20 Å². The maximum atomic E-state index is 6.35. The minimum Gasteiger partial charge on any atom is -0.309 e. The molecule has 6 heavy (non-hydrogen) atoms. The average Bonchev–Trinajstić information content (AvgIpc) is 1.61. The Morgan fingerprint density at radius 3 is 2.33 bits per heavy atom. The summed E-state index contributed by atoms with van der Waals surface area (Å²) in [6, 6.07) is 0. The van der Waals surface area contributed by atoms with Crippen molar-refractivity contribution in [3.05, 3.63) is 12.3 Å². The molecule has 0 saturated carbocycles. The summed E-state index contributed by atoms with van der Waals surface area (Å²) in [4.78, 5) is 0.